The number of carbonyl (C=O) groups is 2. The van der Waals surface area contributed by atoms with E-state index in [1.165, 1.54) is 64.2 Å². The molecule has 0 unspecified atom stereocenters. The molecule has 264 valence electrons. The van der Waals surface area contributed by atoms with Crippen LogP contribution in [0.2, 0.25) is 0 Å². The number of amides is 4. The van der Waals surface area contributed by atoms with Crippen LogP contribution in [0.25, 0.3) is 0 Å². The van der Waals surface area contributed by atoms with E-state index in [9.17, 15) is 9.59 Å². The first kappa shape index (κ1) is 35.9. The van der Waals surface area contributed by atoms with Gasteiger partial charge in [-0.15, -0.1) is 0 Å². The van der Waals surface area contributed by atoms with Crippen LogP contribution in [0.15, 0.2) is 48.5 Å². The lowest BCUT2D eigenvalue weighted by molar-refractivity contribution is 0.141. The molecular formula is C40H62N6O2. The Hall–Kier alpha value is -3.42. The number of carbonyl (C=O) groups excluding carboxylic acids is 2. The minimum Gasteiger partial charge on any atom is -0.378 e. The molecule has 0 bridgehead atoms. The fourth-order valence-corrected chi connectivity index (χ4v) is 8.15. The van der Waals surface area contributed by atoms with Gasteiger partial charge in [-0.05, 0) is 124 Å². The predicted molar refractivity (Wildman–Crippen MR) is 201 cm³/mol. The average Bonchev–Trinajstić information content (AvgIpc) is 3.10. The zero-order valence-electron chi connectivity index (χ0n) is 30.3. The molecule has 2 N–H and O–H groups in total. The van der Waals surface area contributed by atoms with Crippen LogP contribution in [-0.4, -0.2) is 76.2 Å². The number of nitrogens with zero attached hydrogens (tertiary/aromatic N) is 4. The van der Waals surface area contributed by atoms with Gasteiger partial charge in [-0.25, -0.2) is 9.59 Å². The number of rotatable bonds is 12. The highest BCUT2D eigenvalue weighted by molar-refractivity contribution is 5.90. The van der Waals surface area contributed by atoms with Crippen LogP contribution < -0.4 is 20.4 Å². The Kier molecular flexibility index (Phi) is 13.3. The van der Waals surface area contributed by atoms with Crippen molar-refractivity contribution in [1.82, 2.24) is 9.80 Å². The van der Waals surface area contributed by atoms with E-state index in [0.717, 1.165) is 74.6 Å². The monoisotopic (exact) mass is 658 g/mol. The van der Waals surface area contributed by atoms with Gasteiger partial charge in [0.05, 0.1) is 0 Å². The second kappa shape index (κ2) is 17.8. The molecule has 3 saturated carbocycles. The first-order valence-corrected chi connectivity index (χ1v) is 18.9. The minimum absolute atomic E-state index is 0.0363. The van der Waals surface area contributed by atoms with Gasteiger partial charge in [0.2, 0.25) is 0 Å². The first-order chi connectivity index (χ1) is 23.2. The Balaban J connectivity index is 1.18. The van der Waals surface area contributed by atoms with E-state index < -0.39 is 0 Å². The maximum atomic E-state index is 13.7. The molecule has 0 saturated heterocycles. The maximum Gasteiger partial charge on any atom is 0.321 e. The van der Waals surface area contributed by atoms with Crippen molar-refractivity contribution < 1.29 is 9.59 Å². The molecule has 8 heteroatoms. The summed E-state index contributed by atoms with van der Waals surface area (Å²) in [6, 6.07) is 16.3. The molecule has 3 aliphatic carbocycles. The molecule has 0 radical (unpaired) electrons. The number of hydrogen-bond donors (Lipinski definition) is 2. The second-order valence-corrected chi connectivity index (χ2v) is 15.4. The third-order valence-corrected chi connectivity index (χ3v) is 11.2. The lowest BCUT2D eigenvalue weighted by Gasteiger charge is -2.37. The van der Waals surface area contributed by atoms with Gasteiger partial charge < -0.3 is 30.2 Å². The van der Waals surface area contributed by atoms with E-state index in [1.807, 2.05) is 52.5 Å². The van der Waals surface area contributed by atoms with E-state index in [1.54, 1.807) is 0 Å². The molecule has 0 spiro atoms. The SMILES string of the molecule is CN(C)c1ccc(NC(=O)N(CC2CCCCC2)C[C@H]2CC[C@H](CN(CC3CCCCC3)C(=O)Nc3ccc(N(C)C)cc3)CC2)cc1. The summed E-state index contributed by atoms with van der Waals surface area (Å²) in [5.74, 6) is 2.20. The van der Waals surface area contributed by atoms with E-state index in [2.05, 4.69) is 54.5 Å². The standard InChI is InChI=1S/C40H62N6O2/c1-43(2)37-23-19-35(20-24-37)41-39(47)45(27-31-11-7-5-8-12-31)29-33-15-17-34(18-16-33)30-46(28-32-13-9-6-10-14-32)40(48)42-36-21-25-38(26-22-36)44(3)4/h19-26,31-34H,5-18,27-30H2,1-4H3,(H,41,47)(H,42,48)/t33-,34-. The van der Waals surface area contributed by atoms with Crippen LogP contribution in [0.4, 0.5) is 32.3 Å². The summed E-state index contributed by atoms with van der Waals surface area (Å²) in [5.41, 5.74) is 3.95. The van der Waals surface area contributed by atoms with Crippen LogP contribution in [0.1, 0.15) is 89.9 Å². The highest BCUT2D eigenvalue weighted by Crippen LogP contribution is 2.33. The maximum absolute atomic E-state index is 13.7. The summed E-state index contributed by atoms with van der Waals surface area (Å²) < 4.78 is 0. The van der Waals surface area contributed by atoms with Crippen molar-refractivity contribution in [3.05, 3.63) is 48.5 Å². The fraction of sp³-hybridized carbons (Fsp3) is 0.650. The Morgan fingerprint density at radius 2 is 0.771 bits per heavy atom. The van der Waals surface area contributed by atoms with Crippen LogP contribution in [0.3, 0.4) is 0 Å². The van der Waals surface area contributed by atoms with Gasteiger partial charge in [-0.1, -0.05) is 38.5 Å². The largest absolute Gasteiger partial charge is 0.378 e. The lowest BCUT2D eigenvalue weighted by Crippen LogP contribution is -2.44. The normalized spacial score (nSPS) is 20.5. The van der Waals surface area contributed by atoms with Crippen LogP contribution in [0.5, 0.6) is 0 Å². The summed E-state index contributed by atoms with van der Waals surface area (Å²) in [6.07, 6.45) is 17.1. The molecule has 3 fully saturated rings. The number of benzene rings is 2. The van der Waals surface area contributed by atoms with Crippen LogP contribution in [-0.2, 0) is 0 Å². The van der Waals surface area contributed by atoms with Crippen molar-refractivity contribution in [2.24, 2.45) is 23.7 Å². The number of anilines is 4. The highest BCUT2D eigenvalue weighted by atomic mass is 16.2. The summed E-state index contributed by atoms with van der Waals surface area (Å²) in [5, 5.41) is 6.43. The Morgan fingerprint density at radius 3 is 1.06 bits per heavy atom. The quantitative estimate of drug-likeness (QED) is 0.239. The summed E-state index contributed by atoms with van der Waals surface area (Å²) >= 11 is 0. The molecule has 2 aromatic rings. The first-order valence-electron chi connectivity index (χ1n) is 18.9. The van der Waals surface area contributed by atoms with Crippen molar-refractivity contribution in [1.29, 1.82) is 0 Å². The number of hydrogen-bond acceptors (Lipinski definition) is 4. The third kappa shape index (κ3) is 10.8. The summed E-state index contributed by atoms with van der Waals surface area (Å²) in [6.45, 7) is 3.35. The molecule has 8 nitrogen and oxygen atoms in total. The lowest BCUT2D eigenvalue weighted by atomic mass is 9.81. The molecule has 0 aromatic heterocycles. The zero-order valence-corrected chi connectivity index (χ0v) is 30.3. The fourth-order valence-electron chi connectivity index (χ4n) is 8.15. The highest BCUT2D eigenvalue weighted by Gasteiger charge is 2.30. The predicted octanol–water partition coefficient (Wildman–Crippen LogP) is 9.15. The van der Waals surface area contributed by atoms with E-state index in [-0.39, 0.29) is 12.1 Å². The Bertz CT molecular complexity index is 1160. The molecule has 5 rings (SSSR count). The van der Waals surface area contributed by atoms with Crippen molar-refractivity contribution in [3.63, 3.8) is 0 Å². The molecule has 2 aromatic carbocycles. The van der Waals surface area contributed by atoms with Crippen LogP contribution in [0, 0.1) is 23.7 Å². The molecule has 0 heterocycles. The van der Waals surface area contributed by atoms with Gasteiger partial charge in [0.1, 0.15) is 0 Å². The van der Waals surface area contributed by atoms with Crippen molar-refractivity contribution in [2.75, 3.05) is 74.8 Å². The van der Waals surface area contributed by atoms with Gasteiger partial charge in [0, 0.05) is 77.1 Å². The third-order valence-electron chi connectivity index (χ3n) is 11.2. The Morgan fingerprint density at radius 1 is 0.479 bits per heavy atom. The van der Waals surface area contributed by atoms with Gasteiger partial charge in [0.25, 0.3) is 0 Å². The summed E-state index contributed by atoms with van der Waals surface area (Å²) in [4.78, 5) is 35.8. The minimum atomic E-state index is 0.0363. The topological polar surface area (TPSA) is 71.2 Å². The number of urea groups is 2. The average molecular weight is 659 g/mol. The van der Waals surface area contributed by atoms with Gasteiger partial charge in [-0.2, -0.15) is 0 Å². The van der Waals surface area contributed by atoms with Gasteiger partial charge in [0.15, 0.2) is 0 Å². The molecule has 0 aliphatic heterocycles. The molecule has 4 amide bonds. The smallest absolute Gasteiger partial charge is 0.321 e. The van der Waals surface area contributed by atoms with E-state index >= 15 is 0 Å². The number of nitrogens with one attached hydrogen (secondary N) is 2. The molecule has 48 heavy (non-hydrogen) atoms. The van der Waals surface area contributed by atoms with Crippen molar-refractivity contribution >= 4 is 34.8 Å². The van der Waals surface area contributed by atoms with E-state index in [0.29, 0.717) is 23.7 Å². The van der Waals surface area contributed by atoms with Crippen molar-refractivity contribution in [3.8, 4) is 0 Å². The second-order valence-electron chi connectivity index (χ2n) is 15.4. The van der Waals surface area contributed by atoms with Gasteiger partial charge in [-0.3, -0.25) is 0 Å². The zero-order chi connectivity index (χ0) is 33.9. The Labute approximate surface area is 290 Å². The summed E-state index contributed by atoms with van der Waals surface area (Å²) in [7, 11) is 8.12. The molecule has 0 atom stereocenters. The van der Waals surface area contributed by atoms with Gasteiger partial charge >= 0.3 is 12.1 Å². The van der Waals surface area contributed by atoms with Crippen molar-refractivity contribution in [2.45, 2.75) is 89.9 Å². The molecule has 3 aliphatic rings. The molecular weight excluding hydrogens is 596 g/mol. The van der Waals surface area contributed by atoms with Crippen LogP contribution >= 0.6 is 0 Å². The van der Waals surface area contributed by atoms with E-state index in [4.69, 9.17) is 0 Å².